The predicted molar refractivity (Wildman–Crippen MR) is 75.2 cm³/mol. The van der Waals surface area contributed by atoms with Crippen LogP contribution in [0.15, 0.2) is 66.4 Å². The molecule has 0 saturated carbocycles. The maximum Gasteiger partial charge on any atom is 0.213 e. The van der Waals surface area contributed by atoms with Crippen molar-refractivity contribution in [2.24, 2.45) is 0 Å². The van der Waals surface area contributed by atoms with Crippen molar-refractivity contribution >= 4 is 17.1 Å². The second-order valence-corrected chi connectivity index (χ2v) is 4.66. The number of carbonyl (C=O) groups is 2. The Bertz CT molecular complexity index is 700. The number of ketones is 2. The van der Waals surface area contributed by atoms with Crippen molar-refractivity contribution in [2.75, 3.05) is 0 Å². The molecule has 0 amide bonds. The van der Waals surface area contributed by atoms with E-state index < -0.39 is 17.5 Å². The van der Waals surface area contributed by atoms with E-state index in [0.717, 1.165) is 0 Å². The highest BCUT2D eigenvalue weighted by molar-refractivity contribution is 6.41. The first-order valence-corrected chi connectivity index (χ1v) is 6.32. The Morgan fingerprint density at radius 3 is 1.90 bits per heavy atom. The van der Waals surface area contributed by atoms with Crippen molar-refractivity contribution in [3.63, 3.8) is 0 Å². The quantitative estimate of drug-likeness (QED) is 0.848. The molecule has 2 aromatic rings. The monoisotopic (exact) mass is 264 g/mol. The van der Waals surface area contributed by atoms with Gasteiger partial charge in [-0.05, 0) is 11.1 Å². The molecule has 1 N–H and O–H groups in total. The molecule has 0 fully saturated rings. The summed E-state index contributed by atoms with van der Waals surface area (Å²) >= 11 is 0. The van der Waals surface area contributed by atoms with Gasteiger partial charge < -0.3 is 5.11 Å². The number of allylic oxidation sites excluding steroid dienone is 2. The molecule has 1 aliphatic carbocycles. The molecule has 3 rings (SSSR count). The van der Waals surface area contributed by atoms with Gasteiger partial charge in [-0.2, -0.15) is 0 Å². The van der Waals surface area contributed by atoms with Crippen molar-refractivity contribution in [3.05, 3.63) is 77.5 Å². The number of benzene rings is 2. The molecule has 3 nitrogen and oxygen atoms in total. The first-order chi connectivity index (χ1) is 9.70. The van der Waals surface area contributed by atoms with Gasteiger partial charge in [-0.25, -0.2) is 0 Å². The Hall–Kier alpha value is -2.68. The Kier molecular flexibility index (Phi) is 2.95. The van der Waals surface area contributed by atoms with Gasteiger partial charge in [0, 0.05) is 0 Å². The Balaban J connectivity index is 2.07. The molecule has 0 unspecified atom stereocenters. The van der Waals surface area contributed by atoms with Gasteiger partial charge in [-0.3, -0.25) is 9.59 Å². The van der Waals surface area contributed by atoms with Gasteiger partial charge in [-0.15, -0.1) is 0 Å². The highest BCUT2D eigenvalue weighted by atomic mass is 16.3. The van der Waals surface area contributed by atoms with Gasteiger partial charge in [0.2, 0.25) is 5.78 Å². The standard InChI is InChI=1S/C17H12O3/c18-15-13(11-7-3-1-4-8-11)16(19)17(20)14(15)12-9-5-2-6-10-12/h1-10,13,20H/t13-/m0/s1. The molecular formula is C17H12O3. The van der Waals surface area contributed by atoms with E-state index in [1.807, 2.05) is 12.1 Å². The lowest BCUT2D eigenvalue weighted by Crippen LogP contribution is -2.15. The number of hydrogen-bond acceptors (Lipinski definition) is 3. The van der Waals surface area contributed by atoms with E-state index in [1.54, 1.807) is 48.5 Å². The summed E-state index contributed by atoms with van der Waals surface area (Å²) in [6, 6.07) is 17.6. The molecule has 20 heavy (non-hydrogen) atoms. The smallest absolute Gasteiger partial charge is 0.213 e. The van der Waals surface area contributed by atoms with E-state index in [0.29, 0.717) is 11.1 Å². The summed E-state index contributed by atoms with van der Waals surface area (Å²) in [5.41, 5.74) is 1.30. The van der Waals surface area contributed by atoms with E-state index in [4.69, 9.17) is 0 Å². The first kappa shape index (κ1) is 12.4. The number of Topliss-reactive ketones (excluding diaryl/α,β-unsaturated/α-hetero) is 2. The molecule has 98 valence electrons. The fourth-order valence-electron chi connectivity index (χ4n) is 2.47. The van der Waals surface area contributed by atoms with E-state index in [-0.39, 0.29) is 11.4 Å². The third kappa shape index (κ3) is 1.84. The summed E-state index contributed by atoms with van der Waals surface area (Å²) in [5.74, 6) is -2.23. The predicted octanol–water partition coefficient (Wildman–Crippen LogP) is 2.89. The molecule has 0 radical (unpaired) electrons. The molecule has 1 aliphatic rings. The van der Waals surface area contributed by atoms with Crippen LogP contribution in [-0.2, 0) is 9.59 Å². The Morgan fingerprint density at radius 1 is 0.750 bits per heavy atom. The van der Waals surface area contributed by atoms with Crippen molar-refractivity contribution in [1.82, 2.24) is 0 Å². The maximum absolute atomic E-state index is 12.5. The molecule has 0 aromatic heterocycles. The van der Waals surface area contributed by atoms with Crippen molar-refractivity contribution in [2.45, 2.75) is 5.92 Å². The Labute approximate surface area is 116 Å². The fraction of sp³-hybridized carbons (Fsp3) is 0.0588. The second kappa shape index (κ2) is 4.78. The topological polar surface area (TPSA) is 54.4 Å². The molecular weight excluding hydrogens is 252 g/mol. The largest absolute Gasteiger partial charge is 0.504 e. The van der Waals surface area contributed by atoms with Crippen LogP contribution in [0.3, 0.4) is 0 Å². The van der Waals surface area contributed by atoms with Gasteiger partial charge >= 0.3 is 0 Å². The molecule has 1 atom stereocenters. The zero-order valence-electron chi connectivity index (χ0n) is 10.6. The summed E-state index contributed by atoms with van der Waals surface area (Å²) < 4.78 is 0. The lowest BCUT2D eigenvalue weighted by Gasteiger charge is -2.07. The van der Waals surface area contributed by atoms with Crippen LogP contribution in [0, 0.1) is 0 Å². The van der Waals surface area contributed by atoms with Crippen LogP contribution in [0.25, 0.3) is 5.57 Å². The third-order valence-corrected chi connectivity index (χ3v) is 3.44. The van der Waals surface area contributed by atoms with Gasteiger partial charge in [0.1, 0.15) is 5.92 Å². The second-order valence-electron chi connectivity index (χ2n) is 4.66. The summed E-state index contributed by atoms with van der Waals surface area (Å²) in [4.78, 5) is 24.7. The minimum atomic E-state index is -0.925. The molecule has 3 heteroatoms. The minimum Gasteiger partial charge on any atom is -0.504 e. The number of carbonyl (C=O) groups excluding carboxylic acids is 2. The highest BCUT2D eigenvalue weighted by Gasteiger charge is 2.42. The molecule has 0 saturated heterocycles. The van der Waals surface area contributed by atoms with Crippen molar-refractivity contribution < 1.29 is 14.7 Å². The molecule has 2 aromatic carbocycles. The summed E-state index contributed by atoms with van der Waals surface area (Å²) in [5, 5.41) is 10.0. The van der Waals surface area contributed by atoms with E-state index in [1.165, 1.54) is 0 Å². The SMILES string of the molecule is O=C1C(O)=C(c2ccccc2)C(=O)[C@@H]1c1ccccc1. The van der Waals surface area contributed by atoms with E-state index in [9.17, 15) is 14.7 Å². The number of aliphatic hydroxyl groups excluding tert-OH is 1. The van der Waals surface area contributed by atoms with Crippen LogP contribution in [0.5, 0.6) is 0 Å². The van der Waals surface area contributed by atoms with Crippen LogP contribution in [-0.4, -0.2) is 16.7 Å². The minimum absolute atomic E-state index is 0.115. The zero-order chi connectivity index (χ0) is 14.1. The van der Waals surface area contributed by atoms with Crippen LogP contribution in [0.1, 0.15) is 17.0 Å². The number of rotatable bonds is 2. The maximum atomic E-state index is 12.5. The van der Waals surface area contributed by atoms with E-state index >= 15 is 0 Å². The van der Waals surface area contributed by atoms with Gasteiger partial charge in [0.05, 0.1) is 5.57 Å². The van der Waals surface area contributed by atoms with Crippen molar-refractivity contribution in [1.29, 1.82) is 0 Å². The van der Waals surface area contributed by atoms with Crippen LogP contribution in [0.4, 0.5) is 0 Å². The van der Waals surface area contributed by atoms with Gasteiger partial charge in [0.25, 0.3) is 0 Å². The van der Waals surface area contributed by atoms with Gasteiger partial charge in [-0.1, -0.05) is 60.7 Å². The summed E-state index contributed by atoms with van der Waals surface area (Å²) in [6.45, 7) is 0. The van der Waals surface area contributed by atoms with Gasteiger partial charge in [0.15, 0.2) is 11.5 Å². The molecule has 0 spiro atoms. The third-order valence-electron chi connectivity index (χ3n) is 3.44. The van der Waals surface area contributed by atoms with Crippen LogP contribution < -0.4 is 0 Å². The van der Waals surface area contributed by atoms with Crippen LogP contribution in [0.2, 0.25) is 0 Å². The average Bonchev–Trinajstić information content (AvgIpc) is 2.71. The number of aliphatic hydroxyl groups is 1. The van der Waals surface area contributed by atoms with Crippen molar-refractivity contribution in [3.8, 4) is 0 Å². The fourth-order valence-corrected chi connectivity index (χ4v) is 2.47. The first-order valence-electron chi connectivity index (χ1n) is 6.32. The van der Waals surface area contributed by atoms with E-state index in [2.05, 4.69) is 0 Å². The highest BCUT2D eigenvalue weighted by Crippen LogP contribution is 2.36. The molecule has 0 aliphatic heterocycles. The number of hydrogen-bond donors (Lipinski definition) is 1. The lowest BCUT2D eigenvalue weighted by molar-refractivity contribution is -0.123. The normalized spacial score (nSPS) is 18.7. The molecule has 0 bridgehead atoms. The average molecular weight is 264 g/mol. The summed E-state index contributed by atoms with van der Waals surface area (Å²) in [7, 11) is 0. The molecule has 0 heterocycles. The summed E-state index contributed by atoms with van der Waals surface area (Å²) in [6.07, 6.45) is 0. The lowest BCUT2D eigenvalue weighted by atomic mass is 9.92. The Morgan fingerprint density at radius 2 is 1.30 bits per heavy atom. The zero-order valence-corrected chi connectivity index (χ0v) is 10.6. The van der Waals surface area contributed by atoms with Crippen LogP contribution >= 0.6 is 0 Å².